The van der Waals surface area contributed by atoms with Gasteiger partial charge in [0.1, 0.15) is 21.4 Å². The first-order valence-electron chi connectivity index (χ1n) is 5.82. The van der Waals surface area contributed by atoms with Gasteiger partial charge < -0.3 is 15.8 Å². The number of pyridine rings is 2. The fourth-order valence-electron chi connectivity index (χ4n) is 1.82. The summed E-state index contributed by atoms with van der Waals surface area (Å²) in [4.78, 5) is 9.33. The molecule has 0 spiro atoms. The van der Waals surface area contributed by atoms with E-state index in [0.717, 1.165) is 10.2 Å². The Hall–Kier alpha value is -2.05. The number of halogens is 1. The molecule has 0 amide bonds. The van der Waals surface area contributed by atoms with E-state index < -0.39 is 0 Å². The van der Waals surface area contributed by atoms with Gasteiger partial charge in [0.05, 0.1) is 18.1 Å². The zero-order chi connectivity index (χ0) is 14.1. The first-order chi connectivity index (χ1) is 9.69. The number of rotatable bonds is 3. The molecule has 0 aromatic carbocycles. The number of anilines is 2. The van der Waals surface area contributed by atoms with Crippen molar-refractivity contribution in [1.82, 2.24) is 9.97 Å². The minimum absolute atomic E-state index is 0.330. The summed E-state index contributed by atoms with van der Waals surface area (Å²) in [6.45, 7) is 0. The highest BCUT2D eigenvalue weighted by atomic mass is 35.5. The molecule has 0 unspecified atom stereocenters. The summed E-state index contributed by atoms with van der Waals surface area (Å²) < 4.78 is 5.74. The van der Waals surface area contributed by atoms with Gasteiger partial charge in [-0.2, -0.15) is 0 Å². The van der Waals surface area contributed by atoms with Crippen LogP contribution in [0.25, 0.3) is 10.2 Å². The molecule has 5 nitrogen and oxygen atoms in total. The van der Waals surface area contributed by atoms with Crippen LogP contribution in [0.1, 0.15) is 0 Å². The van der Waals surface area contributed by atoms with Crippen molar-refractivity contribution < 1.29 is 4.74 Å². The topological polar surface area (TPSA) is 73.1 Å². The van der Waals surface area contributed by atoms with Gasteiger partial charge in [-0.1, -0.05) is 11.6 Å². The van der Waals surface area contributed by atoms with Crippen molar-refractivity contribution >= 4 is 44.7 Å². The molecule has 0 saturated heterocycles. The van der Waals surface area contributed by atoms with Gasteiger partial charge in [0.25, 0.3) is 0 Å². The van der Waals surface area contributed by atoms with Gasteiger partial charge in [0, 0.05) is 12.4 Å². The van der Waals surface area contributed by atoms with Crippen LogP contribution >= 0.6 is 22.9 Å². The highest BCUT2D eigenvalue weighted by Crippen LogP contribution is 2.37. The van der Waals surface area contributed by atoms with Crippen molar-refractivity contribution in [2.45, 2.75) is 0 Å². The summed E-state index contributed by atoms with van der Waals surface area (Å²) in [5.41, 5.74) is 6.28. The normalized spacial score (nSPS) is 10.7. The van der Waals surface area contributed by atoms with Crippen molar-refractivity contribution in [3.63, 3.8) is 0 Å². The fourth-order valence-corrected chi connectivity index (χ4v) is 2.81. The summed E-state index contributed by atoms with van der Waals surface area (Å²) in [6.07, 6.45) is 3.15. The number of aromatic nitrogens is 2. The van der Waals surface area contributed by atoms with Crippen molar-refractivity contribution in [3.8, 4) is 11.5 Å². The third-order valence-electron chi connectivity index (χ3n) is 2.77. The number of hydrogen-bond donors (Lipinski definition) is 2. The molecule has 20 heavy (non-hydrogen) atoms. The molecular formula is C13H11ClN4OS. The number of fused-ring (bicyclic) bond motifs is 1. The van der Waals surface area contributed by atoms with Crippen molar-refractivity contribution in [3.05, 3.63) is 34.9 Å². The predicted octanol–water partition coefficient (Wildman–Crippen LogP) is 3.76. The maximum atomic E-state index is 6.24. The molecule has 3 aromatic heterocycles. The van der Waals surface area contributed by atoms with Gasteiger partial charge >= 0.3 is 0 Å². The standard InChI is InChI=1S/C13H11ClN4OS/c1-16-11-10(14)9(6-17-12(11)15)19-8-4-7-2-3-20-13(7)18-5-8/h2-6,16H,1H3,(H2,15,17). The molecule has 0 aliphatic rings. The van der Waals surface area contributed by atoms with E-state index in [9.17, 15) is 0 Å². The molecule has 0 aliphatic carbocycles. The Morgan fingerprint density at radius 2 is 2.20 bits per heavy atom. The van der Waals surface area contributed by atoms with E-state index in [1.54, 1.807) is 24.6 Å². The number of nitrogens with one attached hydrogen (secondary N) is 1. The summed E-state index contributed by atoms with van der Waals surface area (Å²) in [6, 6.07) is 3.90. The zero-order valence-corrected chi connectivity index (χ0v) is 12.1. The van der Waals surface area contributed by atoms with E-state index in [4.69, 9.17) is 22.1 Å². The molecule has 3 heterocycles. The van der Waals surface area contributed by atoms with E-state index in [2.05, 4.69) is 15.3 Å². The number of ether oxygens (including phenoxy) is 1. The number of hydrogen-bond acceptors (Lipinski definition) is 6. The molecule has 0 atom stereocenters. The largest absolute Gasteiger partial charge is 0.452 e. The van der Waals surface area contributed by atoms with Gasteiger partial charge in [0.2, 0.25) is 0 Å². The summed E-state index contributed by atoms with van der Waals surface area (Å²) in [7, 11) is 1.72. The minimum atomic E-state index is 0.330. The van der Waals surface area contributed by atoms with Gasteiger partial charge in [-0.15, -0.1) is 11.3 Å². The van der Waals surface area contributed by atoms with Crippen LogP contribution in [0.5, 0.6) is 11.5 Å². The molecule has 0 fully saturated rings. The average Bonchev–Trinajstić information content (AvgIpc) is 2.90. The molecule has 0 radical (unpaired) electrons. The predicted molar refractivity (Wildman–Crippen MR) is 82.9 cm³/mol. The molecule has 0 aliphatic heterocycles. The van der Waals surface area contributed by atoms with Crippen LogP contribution in [0.15, 0.2) is 29.9 Å². The molecule has 3 aromatic rings. The minimum Gasteiger partial charge on any atom is -0.452 e. The SMILES string of the molecule is CNc1c(N)ncc(Oc2cnc3sccc3c2)c1Cl. The first kappa shape index (κ1) is 13.0. The monoisotopic (exact) mass is 306 g/mol. The van der Waals surface area contributed by atoms with Crippen LogP contribution < -0.4 is 15.8 Å². The van der Waals surface area contributed by atoms with E-state index in [-0.39, 0.29) is 0 Å². The van der Waals surface area contributed by atoms with Crippen LogP contribution in [0, 0.1) is 0 Å². The van der Waals surface area contributed by atoms with Crippen molar-refractivity contribution in [2.75, 3.05) is 18.1 Å². The van der Waals surface area contributed by atoms with E-state index in [1.807, 2.05) is 17.5 Å². The van der Waals surface area contributed by atoms with Crippen LogP contribution in [-0.4, -0.2) is 17.0 Å². The van der Waals surface area contributed by atoms with Crippen LogP contribution in [-0.2, 0) is 0 Å². The van der Waals surface area contributed by atoms with Crippen molar-refractivity contribution in [1.29, 1.82) is 0 Å². The lowest BCUT2D eigenvalue weighted by Gasteiger charge is -2.11. The number of nitrogen functional groups attached to an aromatic ring is 1. The highest BCUT2D eigenvalue weighted by Gasteiger charge is 2.12. The lowest BCUT2D eigenvalue weighted by atomic mass is 10.3. The number of nitrogens with zero attached hydrogens (tertiary/aromatic N) is 2. The van der Waals surface area contributed by atoms with Gasteiger partial charge in [-0.3, -0.25) is 0 Å². The quantitative estimate of drug-likeness (QED) is 0.770. The van der Waals surface area contributed by atoms with E-state index in [0.29, 0.717) is 28.0 Å². The Balaban J connectivity index is 1.98. The number of nitrogens with two attached hydrogens (primary N) is 1. The van der Waals surface area contributed by atoms with E-state index >= 15 is 0 Å². The summed E-state index contributed by atoms with van der Waals surface area (Å²) >= 11 is 7.82. The summed E-state index contributed by atoms with van der Waals surface area (Å²) in [5.74, 6) is 1.37. The maximum Gasteiger partial charge on any atom is 0.166 e. The van der Waals surface area contributed by atoms with E-state index in [1.165, 1.54) is 6.20 Å². The third kappa shape index (κ3) is 2.23. The molecule has 0 saturated carbocycles. The number of thiophene rings is 1. The second-order valence-corrected chi connectivity index (χ2v) is 5.31. The molecule has 102 valence electrons. The summed E-state index contributed by atoms with van der Waals surface area (Å²) in [5, 5.41) is 6.31. The Morgan fingerprint density at radius 1 is 1.35 bits per heavy atom. The highest BCUT2D eigenvalue weighted by molar-refractivity contribution is 7.16. The molecular weight excluding hydrogens is 296 g/mol. The maximum absolute atomic E-state index is 6.24. The van der Waals surface area contributed by atoms with Crippen molar-refractivity contribution in [2.24, 2.45) is 0 Å². The van der Waals surface area contributed by atoms with Crippen LogP contribution in [0.4, 0.5) is 11.5 Å². The average molecular weight is 307 g/mol. The van der Waals surface area contributed by atoms with Gasteiger partial charge in [-0.05, 0) is 17.5 Å². The second kappa shape index (κ2) is 5.15. The Kier molecular flexibility index (Phi) is 3.33. The third-order valence-corrected chi connectivity index (χ3v) is 3.98. The Bertz CT molecular complexity index is 774. The lowest BCUT2D eigenvalue weighted by Crippen LogP contribution is -2.00. The molecule has 3 N–H and O–H groups in total. The molecule has 0 bridgehead atoms. The van der Waals surface area contributed by atoms with Crippen LogP contribution in [0.3, 0.4) is 0 Å². The van der Waals surface area contributed by atoms with Crippen LogP contribution in [0.2, 0.25) is 5.02 Å². The Labute approximate surface area is 124 Å². The Morgan fingerprint density at radius 3 is 3.00 bits per heavy atom. The van der Waals surface area contributed by atoms with Gasteiger partial charge in [0.15, 0.2) is 5.75 Å². The lowest BCUT2D eigenvalue weighted by molar-refractivity contribution is 0.480. The first-order valence-corrected chi connectivity index (χ1v) is 7.07. The fraction of sp³-hybridized carbons (Fsp3) is 0.0769. The molecule has 3 rings (SSSR count). The second-order valence-electron chi connectivity index (χ2n) is 4.03. The molecule has 7 heteroatoms. The van der Waals surface area contributed by atoms with Gasteiger partial charge in [-0.25, -0.2) is 9.97 Å². The zero-order valence-electron chi connectivity index (χ0n) is 10.6. The smallest absolute Gasteiger partial charge is 0.166 e.